The van der Waals surface area contributed by atoms with Crippen LogP contribution in [0.2, 0.25) is 0 Å². The van der Waals surface area contributed by atoms with E-state index in [1.165, 1.54) is 18.9 Å². The van der Waals surface area contributed by atoms with Gasteiger partial charge in [-0.15, -0.1) is 0 Å². The van der Waals surface area contributed by atoms with Crippen LogP contribution in [0, 0.1) is 5.92 Å². The number of hydrogen-bond acceptors (Lipinski definition) is 6. The first-order chi connectivity index (χ1) is 15.9. The minimum atomic E-state index is -0.436. The lowest BCUT2D eigenvalue weighted by molar-refractivity contribution is -0.137. The predicted octanol–water partition coefficient (Wildman–Crippen LogP) is 5.17. The molecule has 6 nitrogen and oxygen atoms in total. The number of ether oxygens (including phenoxy) is 2. The number of benzene rings is 2. The second-order valence-corrected chi connectivity index (χ2v) is 8.72. The lowest BCUT2D eigenvalue weighted by atomic mass is 9.85. The number of nitrogens with two attached hydrogens (primary N) is 2. The molecule has 6 heteroatoms. The molecule has 0 aromatic heterocycles. The second-order valence-electron chi connectivity index (χ2n) is 8.72. The van der Waals surface area contributed by atoms with E-state index in [2.05, 4.69) is 6.92 Å². The third-order valence-corrected chi connectivity index (χ3v) is 6.00. The van der Waals surface area contributed by atoms with Crippen LogP contribution in [0.15, 0.2) is 48.5 Å². The van der Waals surface area contributed by atoms with Crippen LogP contribution in [-0.4, -0.2) is 24.6 Å². The molecule has 176 valence electrons. The van der Waals surface area contributed by atoms with Gasteiger partial charge in [0, 0.05) is 23.9 Å². The molecule has 0 radical (unpaired) electrons. The number of anilines is 2. The van der Waals surface area contributed by atoms with Gasteiger partial charge in [-0.2, -0.15) is 0 Å². The first-order valence-corrected chi connectivity index (χ1v) is 11.7. The van der Waals surface area contributed by atoms with E-state index in [-0.39, 0.29) is 18.7 Å². The molecule has 0 spiro atoms. The van der Waals surface area contributed by atoms with Crippen molar-refractivity contribution in [3.8, 4) is 0 Å². The summed E-state index contributed by atoms with van der Waals surface area (Å²) < 4.78 is 10.9. The fourth-order valence-corrected chi connectivity index (χ4v) is 4.27. The van der Waals surface area contributed by atoms with E-state index in [1.807, 2.05) is 12.1 Å². The Morgan fingerprint density at radius 1 is 1.00 bits per heavy atom. The lowest BCUT2D eigenvalue weighted by Gasteiger charge is -2.28. The maximum absolute atomic E-state index is 12.4. The molecule has 0 heterocycles. The predicted molar refractivity (Wildman–Crippen MR) is 131 cm³/mol. The number of carbonyl (C=O) groups excluding carboxylic acids is 2. The number of rotatable bonds is 9. The van der Waals surface area contributed by atoms with Crippen molar-refractivity contribution in [3.63, 3.8) is 0 Å². The molecule has 2 aromatic rings. The monoisotopic (exact) mass is 450 g/mol. The van der Waals surface area contributed by atoms with Crippen molar-refractivity contribution in [3.05, 3.63) is 65.2 Å². The Kier molecular flexibility index (Phi) is 8.93. The molecule has 0 amide bonds. The van der Waals surface area contributed by atoms with Crippen molar-refractivity contribution in [2.75, 3.05) is 18.1 Å². The highest BCUT2D eigenvalue weighted by atomic mass is 16.5. The van der Waals surface area contributed by atoms with Gasteiger partial charge in [0.25, 0.3) is 0 Å². The standard InChI is InChI=1S/C27H34N2O4/c1-2-3-19-6-11-25(12-7-19)33-27(31)22-9-4-20(5-10-22)8-13-26(30)32-15-14-21-16-23(28)18-24(29)17-21/h4-5,8-10,13,16-19,25H,2-3,6-7,11-12,14-15,28-29H2,1H3. The van der Waals surface area contributed by atoms with E-state index in [1.54, 1.807) is 36.4 Å². The van der Waals surface area contributed by atoms with Gasteiger partial charge >= 0.3 is 11.9 Å². The number of carbonyl (C=O) groups is 2. The Morgan fingerprint density at radius 3 is 2.30 bits per heavy atom. The molecule has 0 aliphatic heterocycles. The molecule has 0 atom stereocenters. The van der Waals surface area contributed by atoms with Gasteiger partial charge in [0.15, 0.2) is 0 Å². The number of hydrogen-bond donors (Lipinski definition) is 2. The summed E-state index contributed by atoms with van der Waals surface area (Å²) in [6, 6.07) is 12.3. The zero-order valence-corrected chi connectivity index (χ0v) is 19.3. The second kappa shape index (κ2) is 12.1. The summed E-state index contributed by atoms with van der Waals surface area (Å²) in [6.45, 7) is 2.45. The van der Waals surface area contributed by atoms with Crippen molar-refractivity contribution in [1.82, 2.24) is 0 Å². The van der Waals surface area contributed by atoms with Gasteiger partial charge in [0.1, 0.15) is 6.10 Å². The molecule has 2 aromatic carbocycles. The van der Waals surface area contributed by atoms with Crippen LogP contribution in [0.3, 0.4) is 0 Å². The van der Waals surface area contributed by atoms with Gasteiger partial charge < -0.3 is 20.9 Å². The van der Waals surface area contributed by atoms with Crippen molar-refractivity contribution >= 4 is 29.4 Å². The van der Waals surface area contributed by atoms with E-state index < -0.39 is 5.97 Å². The molecular formula is C27H34N2O4. The molecule has 0 bridgehead atoms. The van der Waals surface area contributed by atoms with Crippen LogP contribution in [0.4, 0.5) is 11.4 Å². The van der Waals surface area contributed by atoms with Crippen molar-refractivity contribution in [1.29, 1.82) is 0 Å². The third-order valence-electron chi connectivity index (χ3n) is 6.00. The van der Waals surface area contributed by atoms with E-state index in [4.69, 9.17) is 20.9 Å². The highest BCUT2D eigenvalue weighted by Crippen LogP contribution is 2.29. The molecule has 1 aliphatic carbocycles. The minimum Gasteiger partial charge on any atom is -0.462 e. The Bertz CT molecular complexity index is 940. The summed E-state index contributed by atoms with van der Waals surface area (Å²) >= 11 is 0. The topological polar surface area (TPSA) is 105 Å². The molecule has 3 rings (SSSR count). The molecule has 33 heavy (non-hydrogen) atoms. The van der Waals surface area contributed by atoms with Crippen molar-refractivity contribution in [2.45, 2.75) is 58.0 Å². The van der Waals surface area contributed by atoms with Crippen LogP contribution < -0.4 is 11.5 Å². The van der Waals surface area contributed by atoms with E-state index in [0.717, 1.165) is 42.7 Å². The Hall–Kier alpha value is -3.28. The Balaban J connectivity index is 1.41. The molecule has 0 saturated heterocycles. The Labute approximate surface area is 195 Å². The fraction of sp³-hybridized carbons (Fsp3) is 0.407. The quantitative estimate of drug-likeness (QED) is 0.310. The largest absolute Gasteiger partial charge is 0.462 e. The van der Waals surface area contributed by atoms with Gasteiger partial charge in [-0.05, 0) is 79.1 Å². The van der Waals surface area contributed by atoms with Crippen LogP contribution in [-0.2, 0) is 20.7 Å². The maximum Gasteiger partial charge on any atom is 0.338 e. The van der Waals surface area contributed by atoms with Crippen LogP contribution in [0.1, 0.15) is 66.9 Å². The maximum atomic E-state index is 12.4. The Morgan fingerprint density at radius 2 is 1.67 bits per heavy atom. The van der Waals surface area contributed by atoms with Gasteiger partial charge in [0.05, 0.1) is 12.2 Å². The molecular weight excluding hydrogens is 416 g/mol. The zero-order chi connectivity index (χ0) is 23.6. The summed E-state index contributed by atoms with van der Waals surface area (Å²) in [6.07, 6.45) is 10.2. The van der Waals surface area contributed by atoms with Crippen LogP contribution in [0.5, 0.6) is 0 Å². The van der Waals surface area contributed by atoms with Crippen LogP contribution in [0.25, 0.3) is 6.08 Å². The summed E-state index contributed by atoms with van der Waals surface area (Å²) in [5, 5.41) is 0. The molecule has 1 aliphatic rings. The van der Waals surface area contributed by atoms with E-state index in [0.29, 0.717) is 23.4 Å². The van der Waals surface area contributed by atoms with Crippen molar-refractivity contribution < 1.29 is 19.1 Å². The van der Waals surface area contributed by atoms with Crippen molar-refractivity contribution in [2.24, 2.45) is 5.92 Å². The highest BCUT2D eigenvalue weighted by molar-refractivity contribution is 5.90. The first-order valence-electron chi connectivity index (χ1n) is 11.7. The summed E-state index contributed by atoms with van der Waals surface area (Å²) in [5.41, 5.74) is 14.9. The number of nitrogen functional groups attached to an aromatic ring is 2. The van der Waals surface area contributed by atoms with E-state index >= 15 is 0 Å². The van der Waals surface area contributed by atoms with Gasteiger partial charge in [-0.25, -0.2) is 9.59 Å². The molecule has 1 fully saturated rings. The smallest absolute Gasteiger partial charge is 0.338 e. The molecule has 4 N–H and O–H groups in total. The minimum absolute atomic E-state index is 0.0173. The van der Waals surface area contributed by atoms with Gasteiger partial charge in [0.2, 0.25) is 0 Å². The van der Waals surface area contributed by atoms with Crippen LogP contribution >= 0.6 is 0 Å². The first kappa shape index (κ1) is 24.4. The average molecular weight is 451 g/mol. The highest BCUT2D eigenvalue weighted by Gasteiger charge is 2.23. The summed E-state index contributed by atoms with van der Waals surface area (Å²) in [5.74, 6) is 0.0544. The zero-order valence-electron chi connectivity index (χ0n) is 19.3. The normalized spacial score (nSPS) is 18.2. The summed E-state index contributed by atoms with van der Waals surface area (Å²) in [7, 11) is 0. The summed E-state index contributed by atoms with van der Waals surface area (Å²) in [4.78, 5) is 24.4. The van der Waals surface area contributed by atoms with E-state index in [9.17, 15) is 9.59 Å². The SMILES string of the molecule is CCCC1CCC(OC(=O)c2ccc(C=CC(=O)OCCc3cc(N)cc(N)c3)cc2)CC1. The fourth-order valence-electron chi connectivity index (χ4n) is 4.27. The van der Waals surface area contributed by atoms with Gasteiger partial charge in [-0.3, -0.25) is 0 Å². The molecule has 1 saturated carbocycles. The van der Waals surface area contributed by atoms with Gasteiger partial charge in [-0.1, -0.05) is 31.9 Å². The lowest BCUT2D eigenvalue weighted by Crippen LogP contribution is -2.24. The molecule has 0 unspecified atom stereocenters. The average Bonchev–Trinajstić information content (AvgIpc) is 2.79. The third kappa shape index (κ3) is 7.97. The number of esters is 2.